The molecule has 0 aromatic heterocycles. The van der Waals surface area contributed by atoms with E-state index in [-0.39, 0.29) is 18.8 Å². The van der Waals surface area contributed by atoms with Crippen LogP contribution in [0.1, 0.15) is 12.5 Å². The predicted octanol–water partition coefficient (Wildman–Crippen LogP) is 0.583. The number of β-amino-alcohol motifs (C(OH)–C–C–N with tert-alkyl or cyclic N) is 1. The van der Waals surface area contributed by atoms with Crippen LogP contribution in [-0.2, 0) is 15.8 Å². The zero-order chi connectivity index (χ0) is 11.8. The van der Waals surface area contributed by atoms with Gasteiger partial charge in [-0.05, 0) is 12.5 Å². The molecule has 0 atom stereocenters. The van der Waals surface area contributed by atoms with Crippen molar-refractivity contribution in [2.75, 3.05) is 13.1 Å². The molecular weight excluding hydrogens is 226 g/mol. The van der Waals surface area contributed by atoms with Crippen LogP contribution < -0.4 is 0 Å². The molecule has 16 heavy (non-hydrogen) atoms. The lowest BCUT2D eigenvalue weighted by atomic mass is 10.0. The number of aliphatic hydroxyl groups is 1. The summed E-state index contributed by atoms with van der Waals surface area (Å²) >= 11 is 0. The van der Waals surface area contributed by atoms with E-state index in [0.717, 1.165) is 5.56 Å². The van der Waals surface area contributed by atoms with Gasteiger partial charge in [-0.15, -0.1) is 0 Å². The average molecular weight is 241 g/mol. The van der Waals surface area contributed by atoms with Crippen molar-refractivity contribution in [1.82, 2.24) is 4.31 Å². The number of hydrogen-bond acceptors (Lipinski definition) is 3. The normalized spacial score (nSPS) is 20.4. The minimum absolute atomic E-state index is 0.00389. The molecular formula is C11H15NO3S. The van der Waals surface area contributed by atoms with Crippen LogP contribution in [0.2, 0.25) is 0 Å². The van der Waals surface area contributed by atoms with E-state index in [1.54, 1.807) is 19.1 Å². The number of nitrogens with zero attached hydrogens (tertiary/aromatic N) is 1. The second kappa shape index (κ2) is 3.84. The molecule has 1 heterocycles. The lowest BCUT2D eigenvalue weighted by molar-refractivity contribution is -0.0427. The van der Waals surface area contributed by atoms with Gasteiger partial charge in [0.25, 0.3) is 0 Å². The quantitative estimate of drug-likeness (QED) is 0.842. The summed E-state index contributed by atoms with van der Waals surface area (Å²) in [5.41, 5.74) is -0.0851. The van der Waals surface area contributed by atoms with E-state index in [0.29, 0.717) is 0 Å². The van der Waals surface area contributed by atoms with Gasteiger partial charge in [-0.1, -0.05) is 30.3 Å². The molecule has 1 N–H and O–H groups in total. The SMILES string of the molecule is CC1(O)CN(S(=O)(=O)Cc2ccccc2)C1. The van der Waals surface area contributed by atoms with Gasteiger partial charge in [0.05, 0.1) is 11.4 Å². The van der Waals surface area contributed by atoms with E-state index < -0.39 is 15.6 Å². The van der Waals surface area contributed by atoms with Gasteiger partial charge < -0.3 is 5.11 Å². The van der Waals surface area contributed by atoms with E-state index in [4.69, 9.17) is 0 Å². The first kappa shape index (κ1) is 11.6. The number of benzene rings is 1. The Balaban J connectivity index is 2.05. The summed E-state index contributed by atoms with van der Waals surface area (Å²) in [6, 6.07) is 9.06. The van der Waals surface area contributed by atoms with Gasteiger partial charge in [0.15, 0.2) is 0 Å². The Bertz CT molecular complexity index is 459. The van der Waals surface area contributed by atoms with Crippen molar-refractivity contribution in [1.29, 1.82) is 0 Å². The summed E-state index contributed by atoms with van der Waals surface area (Å²) in [5.74, 6) is 0.00389. The fourth-order valence-electron chi connectivity index (χ4n) is 1.79. The Morgan fingerprint density at radius 1 is 1.31 bits per heavy atom. The van der Waals surface area contributed by atoms with Crippen LogP contribution in [0.4, 0.5) is 0 Å². The topological polar surface area (TPSA) is 57.6 Å². The van der Waals surface area contributed by atoms with E-state index in [1.165, 1.54) is 4.31 Å². The summed E-state index contributed by atoms with van der Waals surface area (Å²) in [7, 11) is -3.27. The maximum atomic E-state index is 11.9. The highest BCUT2D eigenvalue weighted by molar-refractivity contribution is 7.88. The summed E-state index contributed by atoms with van der Waals surface area (Å²) < 4.78 is 25.1. The molecule has 0 bridgehead atoms. The van der Waals surface area contributed by atoms with Crippen LogP contribution in [0, 0.1) is 0 Å². The minimum atomic E-state index is -3.27. The highest BCUT2D eigenvalue weighted by atomic mass is 32.2. The Labute approximate surface area is 95.6 Å². The first-order valence-electron chi connectivity index (χ1n) is 5.13. The molecule has 0 saturated carbocycles. The van der Waals surface area contributed by atoms with Crippen LogP contribution in [-0.4, -0.2) is 36.5 Å². The number of sulfonamides is 1. The predicted molar refractivity (Wildman–Crippen MR) is 61.3 cm³/mol. The zero-order valence-corrected chi connectivity index (χ0v) is 9.94. The molecule has 5 heteroatoms. The molecule has 1 saturated heterocycles. The van der Waals surface area contributed by atoms with E-state index in [1.807, 2.05) is 18.2 Å². The summed E-state index contributed by atoms with van der Waals surface area (Å²) in [4.78, 5) is 0. The second-order valence-corrected chi connectivity index (χ2v) is 6.48. The Hall–Kier alpha value is -0.910. The van der Waals surface area contributed by atoms with Crippen molar-refractivity contribution in [2.45, 2.75) is 18.3 Å². The van der Waals surface area contributed by atoms with Crippen LogP contribution in [0.3, 0.4) is 0 Å². The minimum Gasteiger partial charge on any atom is -0.387 e. The lowest BCUT2D eigenvalue weighted by Gasteiger charge is -2.42. The third kappa shape index (κ3) is 2.42. The number of rotatable bonds is 3. The Morgan fingerprint density at radius 2 is 1.88 bits per heavy atom. The van der Waals surface area contributed by atoms with Crippen LogP contribution in [0.25, 0.3) is 0 Å². The van der Waals surface area contributed by atoms with Crippen molar-refractivity contribution in [3.05, 3.63) is 35.9 Å². The Kier molecular flexibility index (Phi) is 2.77. The van der Waals surface area contributed by atoms with E-state index in [9.17, 15) is 13.5 Å². The second-order valence-electron chi connectivity index (χ2n) is 4.51. The molecule has 2 rings (SSSR count). The van der Waals surface area contributed by atoms with Gasteiger partial charge in [0, 0.05) is 13.1 Å². The molecule has 0 unspecified atom stereocenters. The van der Waals surface area contributed by atoms with Crippen molar-refractivity contribution < 1.29 is 13.5 Å². The van der Waals surface area contributed by atoms with Gasteiger partial charge in [0.1, 0.15) is 0 Å². The molecule has 88 valence electrons. The molecule has 1 aliphatic heterocycles. The first-order chi connectivity index (χ1) is 7.39. The number of hydrogen-bond donors (Lipinski definition) is 1. The molecule has 4 nitrogen and oxygen atoms in total. The molecule has 1 fully saturated rings. The lowest BCUT2D eigenvalue weighted by Crippen LogP contribution is -2.61. The third-order valence-corrected chi connectivity index (χ3v) is 4.36. The highest BCUT2D eigenvalue weighted by Crippen LogP contribution is 2.25. The summed E-state index contributed by atoms with van der Waals surface area (Å²) in [6.07, 6.45) is 0. The summed E-state index contributed by atoms with van der Waals surface area (Å²) in [6.45, 7) is 2.03. The smallest absolute Gasteiger partial charge is 0.218 e. The average Bonchev–Trinajstić information content (AvgIpc) is 2.15. The molecule has 0 spiro atoms. The highest BCUT2D eigenvalue weighted by Gasteiger charge is 2.43. The van der Waals surface area contributed by atoms with Crippen LogP contribution >= 0.6 is 0 Å². The molecule has 1 aromatic carbocycles. The summed E-state index contributed by atoms with van der Waals surface area (Å²) in [5, 5.41) is 9.51. The molecule has 1 aromatic rings. The van der Waals surface area contributed by atoms with Crippen LogP contribution in [0.5, 0.6) is 0 Å². The van der Waals surface area contributed by atoms with Crippen molar-refractivity contribution in [3.63, 3.8) is 0 Å². The monoisotopic (exact) mass is 241 g/mol. The molecule has 0 radical (unpaired) electrons. The van der Waals surface area contributed by atoms with Crippen LogP contribution in [0.15, 0.2) is 30.3 Å². The molecule has 0 amide bonds. The van der Waals surface area contributed by atoms with Crippen molar-refractivity contribution >= 4 is 10.0 Å². The van der Waals surface area contributed by atoms with Crippen molar-refractivity contribution in [2.24, 2.45) is 0 Å². The van der Waals surface area contributed by atoms with E-state index >= 15 is 0 Å². The largest absolute Gasteiger partial charge is 0.387 e. The Morgan fingerprint density at radius 3 is 2.38 bits per heavy atom. The van der Waals surface area contributed by atoms with Crippen molar-refractivity contribution in [3.8, 4) is 0 Å². The van der Waals surface area contributed by atoms with Gasteiger partial charge in [-0.3, -0.25) is 0 Å². The van der Waals surface area contributed by atoms with Gasteiger partial charge in [-0.25, -0.2) is 8.42 Å². The van der Waals surface area contributed by atoms with Gasteiger partial charge in [-0.2, -0.15) is 4.31 Å². The van der Waals surface area contributed by atoms with E-state index in [2.05, 4.69) is 0 Å². The fraction of sp³-hybridized carbons (Fsp3) is 0.455. The third-order valence-electron chi connectivity index (χ3n) is 2.62. The molecule has 1 aliphatic rings. The molecule has 0 aliphatic carbocycles. The van der Waals surface area contributed by atoms with Gasteiger partial charge in [0.2, 0.25) is 10.0 Å². The standard InChI is InChI=1S/C11H15NO3S/c1-11(13)8-12(9-11)16(14,15)7-10-5-3-2-4-6-10/h2-6,13H,7-9H2,1H3. The fourth-order valence-corrected chi connectivity index (χ4v) is 3.53. The maximum Gasteiger partial charge on any atom is 0.218 e. The van der Waals surface area contributed by atoms with Gasteiger partial charge >= 0.3 is 0 Å². The first-order valence-corrected chi connectivity index (χ1v) is 6.74. The zero-order valence-electron chi connectivity index (χ0n) is 9.13. The maximum absolute atomic E-state index is 11.9.